The number of sulfone groups is 1. The Bertz CT molecular complexity index is 496. The molecule has 1 fully saturated rings. The summed E-state index contributed by atoms with van der Waals surface area (Å²) in [7, 11) is -1.42. The van der Waals surface area contributed by atoms with Crippen LogP contribution in [0.15, 0.2) is 16.9 Å². The number of carbonyl (C=O) groups excluding carboxylic acids is 1. The third-order valence-corrected chi connectivity index (χ3v) is 4.50. The first-order valence-corrected chi connectivity index (χ1v) is 6.95. The van der Waals surface area contributed by atoms with Gasteiger partial charge in [0, 0.05) is 19.2 Å². The van der Waals surface area contributed by atoms with Crippen molar-refractivity contribution in [1.82, 2.24) is 10.1 Å². The van der Waals surface area contributed by atoms with Crippen LogP contribution in [-0.4, -0.2) is 49.1 Å². The molecule has 2 rings (SSSR count). The van der Waals surface area contributed by atoms with Crippen LogP contribution in [0.5, 0.6) is 0 Å². The van der Waals surface area contributed by atoms with E-state index in [9.17, 15) is 13.2 Å². The van der Waals surface area contributed by atoms with Crippen molar-refractivity contribution in [3.8, 4) is 0 Å². The number of urea groups is 1. The summed E-state index contributed by atoms with van der Waals surface area (Å²) in [5.74, 6) is 0.470. The second kappa shape index (κ2) is 4.36. The van der Waals surface area contributed by atoms with Crippen molar-refractivity contribution in [2.45, 2.75) is 12.5 Å². The molecule has 1 aliphatic rings. The number of amides is 2. The molecule has 1 N–H and O–H groups in total. The highest BCUT2D eigenvalue weighted by Crippen LogP contribution is 2.17. The fourth-order valence-electron chi connectivity index (χ4n) is 1.72. The summed E-state index contributed by atoms with van der Waals surface area (Å²) in [6, 6.07) is 0.852. The Kier molecular flexibility index (Phi) is 3.05. The molecular formula is C9H13N3O4S. The first-order chi connectivity index (χ1) is 7.98. The molecule has 8 heteroatoms. The number of nitrogens with one attached hydrogen (secondary N) is 1. The van der Waals surface area contributed by atoms with Gasteiger partial charge in [-0.05, 0) is 6.42 Å². The second-order valence-electron chi connectivity index (χ2n) is 3.98. The van der Waals surface area contributed by atoms with Gasteiger partial charge in [0.25, 0.3) is 0 Å². The van der Waals surface area contributed by atoms with E-state index in [1.807, 2.05) is 0 Å². The first-order valence-electron chi connectivity index (χ1n) is 5.12. The molecular weight excluding hydrogens is 246 g/mol. The lowest BCUT2D eigenvalue weighted by molar-refractivity contribution is 0.209. The Balaban J connectivity index is 1.96. The van der Waals surface area contributed by atoms with E-state index >= 15 is 0 Å². The summed E-state index contributed by atoms with van der Waals surface area (Å²) in [6.07, 6.45) is 1.82. The van der Waals surface area contributed by atoms with Gasteiger partial charge in [-0.15, -0.1) is 0 Å². The van der Waals surface area contributed by atoms with Gasteiger partial charge in [0.05, 0.1) is 11.5 Å². The summed E-state index contributed by atoms with van der Waals surface area (Å²) in [6.45, 7) is 0. The van der Waals surface area contributed by atoms with Crippen molar-refractivity contribution in [3.05, 3.63) is 12.3 Å². The lowest BCUT2D eigenvalue weighted by atomic mass is 10.2. The van der Waals surface area contributed by atoms with E-state index in [0.717, 1.165) is 0 Å². The van der Waals surface area contributed by atoms with Gasteiger partial charge >= 0.3 is 6.03 Å². The van der Waals surface area contributed by atoms with Crippen LogP contribution in [-0.2, 0) is 9.84 Å². The van der Waals surface area contributed by atoms with Crippen molar-refractivity contribution in [1.29, 1.82) is 0 Å². The maximum Gasteiger partial charge on any atom is 0.323 e. The van der Waals surface area contributed by atoms with Gasteiger partial charge in [-0.3, -0.25) is 5.32 Å². The van der Waals surface area contributed by atoms with Crippen LogP contribution in [0.3, 0.4) is 0 Å². The lowest BCUT2D eigenvalue weighted by Gasteiger charge is -2.22. The number of hydrogen-bond donors (Lipinski definition) is 1. The Morgan fingerprint density at radius 2 is 2.41 bits per heavy atom. The van der Waals surface area contributed by atoms with E-state index in [1.54, 1.807) is 7.05 Å². The molecule has 0 aromatic carbocycles. The van der Waals surface area contributed by atoms with Gasteiger partial charge in [0.1, 0.15) is 6.26 Å². The zero-order valence-electron chi connectivity index (χ0n) is 9.29. The molecule has 2 amide bonds. The predicted molar refractivity (Wildman–Crippen MR) is 60.3 cm³/mol. The van der Waals surface area contributed by atoms with Crippen molar-refractivity contribution in [2.24, 2.45) is 0 Å². The van der Waals surface area contributed by atoms with Crippen LogP contribution >= 0.6 is 0 Å². The molecule has 17 heavy (non-hydrogen) atoms. The van der Waals surface area contributed by atoms with Gasteiger partial charge in [0.2, 0.25) is 0 Å². The molecule has 1 saturated heterocycles. The Morgan fingerprint density at radius 3 is 2.94 bits per heavy atom. The number of rotatable bonds is 2. The maximum absolute atomic E-state index is 11.7. The summed E-state index contributed by atoms with van der Waals surface area (Å²) in [4.78, 5) is 13.1. The smallest absolute Gasteiger partial charge is 0.323 e. The quantitative estimate of drug-likeness (QED) is 0.826. The number of nitrogens with zero attached hydrogens (tertiary/aromatic N) is 2. The highest BCUT2D eigenvalue weighted by molar-refractivity contribution is 7.91. The standard InChI is InChI=1S/C9H13N3O4S/c1-12(7-3-5-17(14,15)6-7)9(13)10-8-2-4-16-11-8/h2,4,7H,3,5-6H2,1H3,(H,10,11,13). The van der Waals surface area contributed by atoms with Gasteiger partial charge < -0.3 is 9.42 Å². The third kappa shape index (κ3) is 2.76. The Morgan fingerprint density at radius 1 is 1.65 bits per heavy atom. The average molecular weight is 259 g/mol. The molecule has 1 aliphatic heterocycles. The predicted octanol–water partition coefficient (Wildman–Crippen LogP) is 0.325. The monoisotopic (exact) mass is 259 g/mol. The fraction of sp³-hybridized carbons (Fsp3) is 0.556. The minimum absolute atomic E-state index is 0.0235. The lowest BCUT2D eigenvalue weighted by Crippen LogP contribution is -2.40. The van der Waals surface area contributed by atoms with Gasteiger partial charge in [-0.25, -0.2) is 13.2 Å². The minimum Gasteiger partial charge on any atom is -0.363 e. The highest BCUT2D eigenvalue weighted by atomic mass is 32.2. The molecule has 1 aromatic heterocycles. The van der Waals surface area contributed by atoms with Crippen molar-refractivity contribution in [3.63, 3.8) is 0 Å². The number of hydrogen-bond acceptors (Lipinski definition) is 5. The van der Waals surface area contributed by atoms with Gasteiger partial charge in [-0.2, -0.15) is 0 Å². The van der Waals surface area contributed by atoms with Crippen molar-refractivity contribution < 1.29 is 17.7 Å². The molecule has 1 atom stereocenters. The average Bonchev–Trinajstić information content (AvgIpc) is 2.86. The molecule has 7 nitrogen and oxygen atoms in total. The Labute approximate surface area is 98.7 Å². The third-order valence-electron chi connectivity index (χ3n) is 2.75. The van der Waals surface area contributed by atoms with E-state index in [4.69, 9.17) is 0 Å². The minimum atomic E-state index is -2.99. The van der Waals surface area contributed by atoms with Crippen LogP contribution in [0.2, 0.25) is 0 Å². The topological polar surface area (TPSA) is 92.5 Å². The first kappa shape index (κ1) is 11.9. The summed E-state index contributed by atoms with van der Waals surface area (Å²) in [5.41, 5.74) is 0. The van der Waals surface area contributed by atoms with Crippen LogP contribution in [0.4, 0.5) is 10.6 Å². The molecule has 2 heterocycles. The summed E-state index contributed by atoms with van der Waals surface area (Å²) >= 11 is 0. The van der Waals surface area contributed by atoms with Crippen molar-refractivity contribution >= 4 is 21.7 Å². The maximum atomic E-state index is 11.7. The van der Waals surface area contributed by atoms with E-state index in [2.05, 4.69) is 15.0 Å². The zero-order valence-corrected chi connectivity index (χ0v) is 10.1. The molecule has 0 radical (unpaired) electrons. The zero-order chi connectivity index (χ0) is 12.5. The summed E-state index contributed by atoms with van der Waals surface area (Å²) in [5, 5.41) is 6.06. The molecule has 0 spiro atoms. The summed E-state index contributed by atoms with van der Waals surface area (Å²) < 4.78 is 27.2. The fourth-order valence-corrected chi connectivity index (χ4v) is 3.50. The van der Waals surface area contributed by atoms with E-state index in [1.165, 1.54) is 17.2 Å². The highest BCUT2D eigenvalue weighted by Gasteiger charge is 2.32. The van der Waals surface area contributed by atoms with Crippen LogP contribution in [0, 0.1) is 0 Å². The molecule has 0 saturated carbocycles. The van der Waals surface area contributed by atoms with Crippen LogP contribution < -0.4 is 5.32 Å². The molecule has 1 unspecified atom stereocenters. The normalized spacial score (nSPS) is 22.3. The number of aromatic nitrogens is 1. The van der Waals surface area contributed by atoms with Gasteiger partial charge in [0.15, 0.2) is 15.7 Å². The van der Waals surface area contributed by atoms with E-state index in [0.29, 0.717) is 12.2 Å². The number of carbonyl (C=O) groups is 1. The van der Waals surface area contributed by atoms with Crippen LogP contribution in [0.1, 0.15) is 6.42 Å². The Hall–Kier alpha value is -1.57. The van der Waals surface area contributed by atoms with Crippen molar-refractivity contribution in [2.75, 3.05) is 23.9 Å². The molecule has 0 aliphatic carbocycles. The largest absolute Gasteiger partial charge is 0.363 e. The van der Waals surface area contributed by atoms with E-state index < -0.39 is 9.84 Å². The van der Waals surface area contributed by atoms with Gasteiger partial charge in [-0.1, -0.05) is 5.16 Å². The molecule has 0 bridgehead atoms. The molecule has 94 valence electrons. The SMILES string of the molecule is CN(C(=O)Nc1ccon1)C1CCS(=O)(=O)C1. The second-order valence-corrected chi connectivity index (χ2v) is 6.21. The number of anilines is 1. The van der Waals surface area contributed by atoms with Crippen LogP contribution in [0.25, 0.3) is 0 Å². The van der Waals surface area contributed by atoms with E-state index in [-0.39, 0.29) is 23.6 Å². The molecule has 1 aromatic rings.